The first-order chi connectivity index (χ1) is 14.5. The number of ether oxygens (including phenoxy) is 1. The monoisotopic (exact) mass is 475 g/mol. The molecule has 2 atom stereocenters. The number of benzene rings is 2. The number of alkyl halides is 3. The summed E-state index contributed by atoms with van der Waals surface area (Å²) in [5.74, 6) is -0.375. The number of hydrogen-bond acceptors (Lipinski definition) is 4. The minimum Gasteiger partial charge on any atom is -0.406 e. The van der Waals surface area contributed by atoms with Crippen molar-refractivity contribution in [3.8, 4) is 5.75 Å². The van der Waals surface area contributed by atoms with Crippen molar-refractivity contribution in [1.82, 2.24) is 9.62 Å². The van der Waals surface area contributed by atoms with Crippen LogP contribution >= 0.6 is 11.6 Å². The van der Waals surface area contributed by atoms with Crippen LogP contribution in [0.3, 0.4) is 0 Å². The van der Waals surface area contributed by atoms with Crippen LogP contribution in [0.5, 0.6) is 5.75 Å². The van der Waals surface area contributed by atoms with Gasteiger partial charge in [0, 0.05) is 29.8 Å². The van der Waals surface area contributed by atoms with Crippen molar-refractivity contribution in [1.29, 1.82) is 0 Å². The molecule has 2 aromatic carbocycles. The third kappa shape index (κ3) is 4.73. The van der Waals surface area contributed by atoms with Gasteiger partial charge in [-0.2, -0.15) is 0 Å². The summed E-state index contributed by atoms with van der Waals surface area (Å²) in [5, 5.41) is 0.421. The van der Waals surface area contributed by atoms with Crippen molar-refractivity contribution in [3.63, 3.8) is 0 Å². The molecule has 0 spiro atoms. The SMILES string of the molecule is O=C1N(c2ccc(OC(F)(F)F)cc2)C[C@@H]2C[C@H](NS(=O)(=O)c3ccc(Cl)cc3)CN12. The summed E-state index contributed by atoms with van der Waals surface area (Å²) in [7, 11) is -3.76. The highest BCUT2D eigenvalue weighted by Crippen LogP contribution is 2.32. The molecule has 166 valence electrons. The summed E-state index contributed by atoms with van der Waals surface area (Å²) in [4.78, 5) is 15.9. The maximum absolute atomic E-state index is 12.8. The number of anilines is 1. The Kier molecular flexibility index (Phi) is 5.52. The van der Waals surface area contributed by atoms with Crippen molar-refractivity contribution >= 4 is 33.3 Å². The lowest BCUT2D eigenvalue weighted by Gasteiger charge is -2.20. The fourth-order valence-corrected chi connectivity index (χ4v) is 5.16. The first-order valence-electron chi connectivity index (χ1n) is 9.24. The maximum Gasteiger partial charge on any atom is 0.573 e. The van der Waals surface area contributed by atoms with E-state index >= 15 is 0 Å². The van der Waals surface area contributed by atoms with Crippen LogP contribution in [0.1, 0.15) is 6.42 Å². The minimum absolute atomic E-state index is 0.0816. The summed E-state index contributed by atoms with van der Waals surface area (Å²) in [5.41, 5.74) is 0.437. The molecule has 2 aliphatic heterocycles. The lowest BCUT2D eigenvalue weighted by molar-refractivity contribution is -0.274. The van der Waals surface area contributed by atoms with Crippen molar-refractivity contribution in [2.24, 2.45) is 0 Å². The van der Waals surface area contributed by atoms with E-state index < -0.39 is 22.4 Å². The predicted octanol–water partition coefficient (Wildman–Crippen LogP) is 3.60. The van der Waals surface area contributed by atoms with E-state index in [1.165, 1.54) is 41.3 Å². The molecule has 2 aromatic rings. The highest BCUT2D eigenvalue weighted by molar-refractivity contribution is 7.89. The zero-order valence-electron chi connectivity index (χ0n) is 15.8. The highest BCUT2D eigenvalue weighted by atomic mass is 35.5. The molecule has 7 nitrogen and oxygen atoms in total. The Morgan fingerprint density at radius 3 is 2.26 bits per heavy atom. The summed E-state index contributed by atoms with van der Waals surface area (Å²) in [6, 6.07) is 9.82. The fraction of sp³-hybridized carbons (Fsp3) is 0.316. The van der Waals surface area contributed by atoms with E-state index in [0.717, 1.165) is 12.1 Å². The number of carbonyl (C=O) groups is 1. The summed E-state index contributed by atoms with van der Waals surface area (Å²) in [6.07, 6.45) is -4.37. The number of rotatable bonds is 5. The van der Waals surface area contributed by atoms with E-state index in [2.05, 4.69) is 9.46 Å². The number of halogens is 4. The first kappa shape index (κ1) is 21.7. The van der Waals surface area contributed by atoms with Gasteiger partial charge in [0.1, 0.15) is 5.75 Å². The molecular weight excluding hydrogens is 459 g/mol. The Bertz CT molecular complexity index is 1080. The number of urea groups is 1. The molecule has 0 unspecified atom stereocenters. The average molecular weight is 476 g/mol. The lowest BCUT2D eigenvalue weighted by atomic mass is 10.2. The average Bonchev–Trinajstić information content (AvgIpc) is 3.19. The minimum atomic E-state index is -4.79. The molecule has 0 aromatic heterocycles. The zero-order valence-corrected chi connectivity index (χ0v) is 17.4. The third-order valence-electron chi connectivity index (χ3n) is 5.11. The van der Waals surface area contributed by atoms with Gasteiger partial charge in [-0.15, -0.1) is 13.2 Å². The molecule has 0 aliphatic carbocycles. The van der Waals surface area contributed by atoms with Crippen LogP contribution in [-0.2, 0) is 10.0 Å². The lowest BCUT2D eigenvalue weighted by Crippen LogP contribution is -2.40. The van der Waals surface area contributed by atoms with Crippen LogP contribution in [-0.4, -0.2) is 50.9 Å². The van der Waals surface area contributed by atoms with Crippen LogP contribution in [0.2, 0.25) is 5.02 Å². The van der Waals surface area contributed by atoms with E-state index in [9.17, 15) is 26.4 Å². The van der Waals surface area contributed by atoms with E-state index in [4.69, 9.17) is 11.6 Å². The number of hydrogen-bond donors (Lipinski definition) is 1. The molecule has 0 saturated carbocycles. The number of nitrogens with zero attached hydrogens (tertiary/aromatic N) is 2. The zero-order chi connectivity index (χ0) is 22.4. The normalized spacial score (nSPS) is 21.5. The van der Waals surface area contributed by atoms with Crippen molar-refractivity contribution in [3.05, 3.63) is 53.6 Å². The van der Waals surface area contributed by atoms with Gasteiger partial charge in [0.05, 0.1) is 10.9 Å². The quantitative estimate of drug-likeness (QED) is 0.716. The Morgan fingerprint density at radius 1 is 1.03 bits per heavy atom. The van der Waals surface area contributed by atoms with E-state index in [-0.39, 0.29) is 29.3 Å². The number of carbonyl (C=O) groups excluding carboxylic acids is 1. The van der Waals surface area contributed by atoms with Gasteiger partial charge in [0.15, 0.2) is 0 Å². The molecule has 2 fully saturated rings. The van der Waals surface area contributed by atoms with Crippen LogP contribution in [0.15, 0.2) is 53.4 Å². The number of fused-ring (bicyclic) bond motifs is 1. The first-order valence-corrected chi connectivity index (χ1v) is 11.1. The third-order valence-corrected chi connectivity index (χ3v) is 6.90. The molecule has 4 rings (SSSR count). The fourth-order valence-electron chi connectivity index (χ4n) is 3.80. The second-order valence-electron chi connectivity index (χ2n) is 7.25. The van der Waals surface area contributed by atoms with Gasteiger partial charge in [-0.05, 0) is 55.0 Å². The topological polar surface area (TPSA) is 79.0 Å². The van der Waals surface area contributed by atoms with Crippen molar-refractivity contribution < 1.29 is 31.1 Å². The molecule has 2 saturated heterocycles. The summed E-state index contributed by atoms with van der Waals surface area (Å²) >= 11 is 5.79. The van der Waals surface area contributed by atoms with Gasteiger partial charge >= 0.3 is 12.4 Å². The van der Waals surface area contributed by atoms with Gasteiger partial charge in [0.25, 0.3) is 0 Å². The van der Waals surface area contributed by atoms with Gasteiger partial charge in [-0.1, -0.05) is 11.6 Å². The van der Waals surface area contributed by atoms with Crippen LogP contribution < -0.4 is 14.4 Å². The van der Waals surface area contributed by atoms with Crippen molar-refractivity contribution in [2.45, 2.75) is 29.8 Å². The molecule has 31 heavy (non-hydrogen) atoms. The van der Waals surface area contributed by atoms with Gasteiger partial charge in [0.2, 0.25) is 10.0 Å². The van der Waals surface area contributed by atoms with Crippen molar-refractivity contribution in [2.75, 3.05) is 18.0 Å². The van der Waals surface area contributed by atoms with Gasteiger partial charge < -0.3 is 9.64 Å². The van der Waals surface area contributed by atoms with Crippen LogP contribution in [0.25, 0.3) is 0 Å². The van der Waals surface area contributed by atoms with Gasteiger partial charge in [-0.3, -0.25) is 4.90 Å². The maximum atomic E-state index is 12.8. The Morgan fingerprint density at radius 2 is 1.68 bits per heavy atom. The molecule has 0 radical (unpaired) electrons. The predicted molar refractivity (Wildman–Crippen MR) is 107 cm³/mol. The summed E-state index contributed by atoms with van der Waals surface area (Å²) in [6.45, 7) is 0.500. The standard InChI is InChI=1S/C19H17ClF3N3O4S/c20-12-1-7-17(8-2-12)31(28,29)24-13-9-15-11-26(18(27)25(15)10-13)14-3-5-16(6-4-14)30-19(21,22)23/h1-8,13,15,24H,9-11H2/t13-,15-/m0/s1. The molecule has 2 amide bonds. The number of amides is 2. The Balaban J connectivity index is 1.40. The van der Waals surface area contributed by atoms with Crippen LogP contribution in [0.4, 0.5) is 23.7 Å². The highest BCUT2D eigenvalue weighted by Gasteiger charge is 2.45. The molecule has 1 N–H and O–H groups in total. The van der Waals surface area contributed by atoms with Crippen LogP contribution in [0, 0.1) is 0 Å². The largest absolute Gasteiger partial charge is 0.573 e. The Hall–Kier alpha value is -2.50. The second kappa shape index (κ2) is 7.88. The molecule has 2 heterocycles. The summed E-state index contributed by atoms with van der Waals surface area (Å²) < 4.78 is 68.4. The van der Waals surface area contributed by atoms with E-state index in [1.807, 2.05) is 0 Å². The molecule has 2 aliphatic rings. The molecular formula is C19H17ClF3N3O4S. The number of nitrogens with one attached hydrogen (secondary N) is 1. The van der Waals surface area contributed by atoms with Gasteiger partial charge in [-0.25, -0.2) is 17.9 Å². The number of sulfonamides is 1. The Labute approximate surface area is 181 Å². The molecule has 0 bridgehead atoms. The van der Waals surface area contributed by atoms with E-state index in [0.29, 0.717) is 23.7 Å². The molecule has 12 heteroatoms. The van der Waals surface area contributed by atoms with E-state index in [1.54, 1.807) is 4.90 Å². The second-order valence-corrected chi connectivity index (χ2v) is 9.40. The smallest absolute Gasteiger partial charge is 0.406 e.